The van der Waals surface area contributed by atoms with E-state index in [1.807, 2.05) is 6.07 Å². The lowest BCUT2D eigenvalue weighted by Crippen LogP contribution is -1.87. The van der Waals surface area contributed by atoms with E-state index in [2.05, 4.69) is 34.3 Å². The van der Waals surface area contributed by atoms with Crippen molar-refractivity contribution in [1.29, 1.82) is 0 Å². The molecule has 1 nitrogen and oxygen atoms in total. The van der Waals surface area contributed by atoms with E-state index in [9.17, 15) is 5.11 Å². The van der Waals surface area contributed by atoms with Crippen LogP contribution in [0.5, 0.6) is 0 Å². The normalized spacial score (nSPS) is 11.1. The second-order valence-electron chi connectivity index (χ2n) is 3.30. The van der Waals surface area contributed by atoms with Crippen LogP contribution in [0.3, 0.4) is 0 Å². The maximum Gasteiger partial charge on any atom is 0.0688 e. The smallest absolute Gasteiger partial charge is 0.0688 e. The molecule has 0 radical (unpaired) electrons. The first-order valence-electron chi connectivity index (χ1n) is 4.43. The van der Waals surface area contributed by atoms with Gasteiger partial charge in [0.1, 0.15) is 0 Å². The molecule has 1 aromatic heterocycles. The molecule has 0 amide bonds. The molecule has 0 saturated heterocycles. The summed E-state index contributed by atoms with van der Waals surface area (Å²) in [6.07, 6.45) is 0. The molecule has 0 spiro atoms. The van der Waals surface area contributed by atoms with E-state index < -0.39 is 0 Å². The number of benzene rings is 1. The highest BCUT2D eigenvalue weighted by Gasteiger charge is 2.09. The Kier molecular flexibility index (Phi) is 2.91. The monoisotopic (exact) mass is 270 g/mol. The number of aliphatic hydroxyl groups is 1. The van der Waals surface area contributed by atoms with Gasteiger partial charge in [0.25, 0.3) is 0 Å². The molecular weight excluding hydrogens is 260 g/mol. The molecule has 1 heterocycles. The van der Waals surface area contributed by atoms with Crippen molar-refractivity contribution in [3.8, 4) is 0 Å². The molecule has 0 aliphatic heterocycles. The van der Waals surface area contributed by atoms with Gasteiger partial charge in [-0.15, -0.1) is 11.3 Å². The summed E-state index contributed by atoms with van der Waals surface area (Å²) in [6.45, 7) is 2.23. The maximum absolute atomic E-state index is 9.25. The van der Waals surface area contributed by atoms with Crippen molar-refractivity contribution in [2.75, 3.05) is 0 Å². The SMILES string of the molecule is Cc1ccc(CO)c2c(CBr)csc12. The highest BCUT2D eigenvalue weighted by atomic mass is 79.9. The topological polar surface area (TPSA) is 20.2 Å². The number of halogens is 1. The average Bonchev–Trinajstić information content (AvgIpc) is 2.63. The molecule has 3 heteroatoms. The maximum atomic E-state index is 9.25. The van der Waals surface area contributed by atoms with E-state index in [1.165, 1.54) is 21.2 Å². The Morgan fingerprint density at radius 1 is 1.36 bits per heavy atom. The summed E-state index contributed by atoms with van der Waals surface area (Å²) in [6, 6.07) is 4.08. The molecule has 74 valence electrons. The van der Waals surface area contributed by atoms with Crippen LogP contribution in [0.2, 0.25) is 0 Å². The lowest BCUT2D eigenvalue weighted by atomic mass is 10.1. The fraction of sp³-hybridized carbons (Fsp3) is 0.273. The van der Waals surface area contributed by atoms with Crippen LogP contribution in [0.4, 0.5) is 0 Å². The van der Waals surface area contributed by atoms with Crippen LogP contribution in [-0.4, -0.2) is 5.11 Å². The number of rotatable bonds is 2. The summed E-state index contributed by atoms with van der Waals surface area (Å²) >= 11 is 5.22. The van der Waals surface area contributed by atoms with Crippen LogP contribution < -0.4 is 0 Å². The van der Waals surface area contributed by atoms with Gasteiger partial charge >= 0.3 is 0 Å². The molecule has 14 heavy (non-hydrogen) atoms. The Labute approximate surface area is 95.5 Å². The molecule has 1 aromatic carbocycles. The van der Waals surface area contributed by atoms with Gasteiger partial charge in [0, 0.05) is 15.4 Å². The second kappa shape index (κ2) is 4.01. The Bertz CT molecular complexity index is 462. The van der Waals surface area contributed by atoms with E-state index in [-0.39, 0.29) is 6.61 Å². The molecule has 0 atom stereocenters. The second-order valence-corrected chi connectivity index (χ2v) is 4.74. The molecule has 2 aromatic rings. The van der Waals surface area contributed by atoms with Gasteiger partial charge in [-0.3, -0.25) is 0 Å². The van der Waals surface area contributed by atoms with Crippen LogP contribution in [0.1, 0.15) is 16.7 Å². The summed E-state index contributed by atoms with van der Waals surface area (Å²) in [4.78, 5) is 0. The Morgan fingerprint density at radius 2 is 2.14 bits per heavy atom. The quantitative estimate of drug-likeness (QED) is 0.827. The Balaban J connectivity index is 2.82. The molecule has 1 N–H and O–H groups in total. The fourth-order valence-corrected chi connectivity index (χ4v) is 3.40. The standard InChI is InChI=1S/C11H11BrOS/c1-7-2-3-8(5-13)10-9(4-12)6-14-11(7)10/h2-3,6,13H,4-5H2,1H3. The van der Waals surface area contributed by atoms with E-state index in [0.29, 0.717) is 0 Å². The number of alkyl halides is 1. The summed E-state index contributed by atoms with van der Waals surface area (Å²) in [5.41, 5.74) is 3.59. The number of hydrogen-bond donors (Lipinski definition) is 1. The van der Waals surface area contributed by atoms with Gasteiger partial charge in [-0.05, 0) is 29.0 Å². The highest BCUT2D eigenvalue weighted by molar-refractivity contribution is 9.08. The van der Waals surface area contributed by atoms with Gasteiger partial charge in [-0.2, -0.15) is 0 Å². The first kappa shape index (κ1) is 10.1. The number of thiophene rings is 1. The van der Waals surface area contributed by atoms with Crippen molar-refractivity contribution in [3.63, 3.8) is 0 Å². The summed E-state index contributed by atoms with van der Waals surface area (Å²) in [5.74, 6) is 0. The largest absolute Gasteiger partial charge is 0.392 e. The van der Waals surface area contributed by atoms with Gasteiger partial charge in [-0.1, -0.05) is 28.1 Å². The number of hydrogen-bond acceptors (Lipinski definition) is 2. The van der Waals surface area contributed by atoms with Crippen LogP contribution >= 0.6 is 27.3 Å². The molecule has 0 fully saturated rings. The van der Waals surface area contributed by atoms with Crippen LogP contribution in [0.15, 0.2) is 17.5 Å². The molecule has 0 bridgehead atoms. The van der Waals surface area contributed by atoms with Gasteiger partial charge < -0.3 is 5.11 Å². The van der Waals surface area contributed by atoms with Gasteiger partial charge in [-0.25, -0.2) is 0 Å². The summed E-state index contributed by atoms with van der Waals surface area (Å²) in [7, 11) is 0. The Morgan fingerprint density at radius 3 is 2.79 bits per heavy atom. The van der Waals surface area contributed by atoms with Crippen molar-refractivity contribution in [1.82, 2.24) is 0 Å². The third-order valence-corrected chi connectivity index (χ3v) is 4.16. The first-order valence-corrected chi connectivity index (χ1v) is 6.43. The predicted octanol–water partition coefficient (Wildman–Crippen LogP) is 3.60. The predicted molar refractivity (Wildman–Crippen MR) is 65.1 cm³/mol. The first-order chi connectivity index (χ1) is 6.77. The summed E-state index contributed by atoms with van der Waals surface area (Å²) < 4.78 is 1.30. The summed E-state index contributed by atoms with van der Waals surface area (Å²) in [5, 5.41) is 13.5. The number of fused-ring (bicyclic) bond motifs is 1. The minimum Gasteiger partial charge on any atom is -0.392 e. The van der Waals surface area contributed by atoms with E-state index in [0.717, 1.165) is 10.9 Å². The van der Waals surface area contributed by atoms with Gasteiger partial charge in [0.15, 0.2) is 0 Å². The fourth-order valence-electron chi connectivity index (χ4n) is 1.65. The zero-order valence-corrected chi connectivity index (χ0v) is 10.3. The van der Waals surface area contributed by atoms with Crippen molar-refractivity contribution >= 4 is 37.4 Å². The third-order valence-electron chi connectivity index (χ3n) is 2.40. The zero-order valence-electron chi connectivity index (χ0n) is 7.88. The van der Waals surface area contributed by atoms with Gasteiger partial charge in [0.2, 0.25) is 0 Å². The molecule has 0 unspecified atom stereocenters. The highest BCUT2D eigenvalue weighted by Crippen LogP contribution is 2.33. The van der Waals surface area contributed by atoms with Gasteiger partial charge in [0.05, 0.1) is 6.61 Å². The van der Waals surface area contributed by atoms with Crippen LogP contribution in [-0.2, 0) is 11.9 Å². The lowest BCUT2D eigenvalue weighted by molar-refractivity contribution is 0.283. The van der Waals surface area contributed by atoms with E-state index in [4.69, 9.17) is 0 Å². The van der Waals surface area contributed by atoms with Crippen LogP contribution in [0, 0.1) is 6.92 Å². The van der Waals surface area contributed by atoms with E-state index in [1.54, 1.807) is 11.3 Å². The average molecular weight is 271 g/mol. The molecule has 0 aliphatic carbocycles. The minimum absolute atomic E-state index is 0.119. The van der Waals surface area contributed by atoms with Crippen molar-refractivity contribution in [3.05, 3.63) is 34.2 Å². The third kappa shape index (κ3) is 1.49. The van der Waals surface area contributed by atoms with E-state index >= 15 is 0 Å². The number of aryl methyl sites for hydroxylation is 1. The minimum atomic E-state index is 0.119. The van der Waals surface area contributed by atoms with Crippen molar-refractivity contribution < 1.29 is 5.11 Å². The molecule has 0 saturated carbocycles. The van der Waals surface area contributed by atoms with Crippen molar-refractivity contribution in [2.45, 2.75) is 18.9 Å². The Hall–Kier alpha value is -0.380. The lowest BCUT2D eigenvalue weighted by Gasteiger charge is -2.03. The number of aliphatic hydroxyl groups excluding tert-OH is 1. The van der Waals surface area contributed by atoms with Crippen molar-refractivity contribution in [2.24, 2.45) is 0 Å². The zero-order chi connectivity index (χ0) is 10.1. The van der Waals surface area contributed by atoms with Crippen LogP contribution in [0.25, 0.3) is 10.1 Å². The molecule has 2 rings (SSSR count). The molecule has 0 aliphatic rings. The molecular formula is C11H11BrOS.